The second-order valence-electron chi connectivity index (χ2n) is 12.6. The van der Waals surface area contributed by atoms with Crippen LogP contribution in [0.25, 0.3) is 0 Å². The zero-order valence-electron chi connectivity index (χ0n) is 26.1. The molecule has 0 aliphatic carbocycles. The minimum absolute atomic E-state index is 0.0353. The Labute approximate surface area is 273 Å². The SMILES string of the molecule is O=C(OCOC(=O)c1c(CC2CCCO2)ccc2c1Cc1ccccc1O2)c1c(CC2CCCO2)ccc2c1Cc1ccccc1O2. The monoisotopic (exact) mass is 632 g/mol. The highest BCUT2D eigenvalue weighted by atomic mass is 16.7. The van der Waals surface area contributed by atoms with Crippen molar-refractivity contribution in [1.82, 2.24) is 0 Å². The maximum absolute atomic E-state index is 13.9. The van der Waals surface area contributed by atoms with E-state index in [9.17, 15) is 9.59 Å². The number of rotatable bonds is 8. The van der Waals surface area contributed by atoms with Crippen molar-refractivity contribution >= 4 is 11.9 Å². The first-order valence-corrected chi connectivity index (χ1v) is 16.5. The fourth-order valence-corrected chi connectivity index (χ4v) is 7.24. The van der Waals surface area contributed by atoms with Crippen LogP contribution in [0.2, 0.25) is 0 Å². The van der Waals surface area contributed by atoms with Crippen molar-refractivity contribution in [1.29, 1.82) is 0 Å². The molecule has 2 unspecified atom stereocenters. The van der Waals surface area contributed by atoms with Crippen LogP contribution < -0.4 is 9.47 Å². The molecular formula is C39H36O8. The van der Waals surface area contributed by atoms with E-state index in [4.69, 9.17) is 28.4 Å². The standard InChI is InChI=1S/C39H36O8/c40-38(36-26(19-28-9-5-17-42-28)13-15-34-30(36)21-24-7-1-3-11-32(24)46-34)44-23-45-39(41)37-27(20-29-10-6-18-43-29)14-16-35-31(37)22-25-8-2-4-12-33(25)47-35/h1-4,7-8,11-16,28-29H,5-6,9-10,17-23H2. The zero-order chi connectivity index (χ0) is 31.7. The number of ether oxygens (including phenoxy) is 6. The Bertz CT molecular complexity index is 1700. The number of benzene rings is 4. The lowest BCUT2D eigenvalue weighted by atomic mass is 9.90. The second kappa shape index (κ2) is 12.9. The number of hydrogen-bond acceptors (Lipinski definition) is 8. The molecule has 0 saturated carbocycles. The number of carbonyl (C=O) groups excluding carboxylic acids is 2. The van der Waals surface area contributed by atoms with E-state index in [-0.39, 0.29) is 12.2 Å². The Morgan fingerprint density at radius 1 is 0.596 bits per heavy atom. The van der Waals surface area contributed by atoms with Crippen LogP contribution >= 0.6 is 0 Å². The van der Waals surface area contributed by atoms with Crippen molar-refractivity contribution in [2.75, 3.05) is 20.0 Å². The topological polar surface area (TPSA) is 89.5 Å². The van der Waals surface area contributed by atoms with E-state index in [1.54, 1.807) is 0 Å². The molecule has 8 rings (SSSR count). The minimum atomic E-state index is -0.558. The highest BCUT2D eigenvalue weighted by molar-refractivity contribution is 5.95. The molecule has 0 radical (unpaired) electrons. The van der Waals surface area contributed by atoms with Gasteiger partial charge in [0.15, 0.2) is 0 Å². The van der Waals surface area contributed by atoms with Gasteiger partial charge in [0.1, 0.15) is 23.0 Å². The third kappa shape index (κ3) is 5.99. The molecule has 0 aromatic heterocycles. The Morgan fingerprint density at radius 2 is 1.06 bits per heavy atom. The van der Waals surface area contributed by atoms with E-state index in [0.717, 1.165) is 83.8 Å². The molecule has 4 aliphatic rings. The molecule has 4 heterocycles. The first kappa shape index (κ1) is 29.7. The second-order valence-corrected chi connectivity index (χ2v) is 12.6. The summed E-state index contributed by atoms with van der Waals surface area (Å²) in [6, 6.07) is 23.3. The van der Waals surface area contributed by atoms with Crippen LogP contribution in [0.1, 0.15) is 79.8 Å². The van der Waals surface area contributed by atoms with Gasteiger partial charge in [-0.3, -0.25) is 0 Å². The molecule has 2 fully saturated rings. The van der Waals surface area contributed by atoms with Gasteiger partial charge >= 0.3 is 11.9 Å². The zero-order valence-corrected chi connectivity index (χ0v) is 26.1. The van der Waals surface area contributed by atoms with Crippen LogP contribution in [0.3, 0.4) is 0 Å². The van der Waals surface area contributed by atoms with Gasteiger partial charge in [-0.15, -0.1) is 0 Å². The Kier molecular flexibility index (Phi) is 8.13. The summed E-state index contributed by atoms with van der Waals surface area (Å²) in [5.41, 5.74) is 6.08. The quantitative estimate of drug-likeness (QED) is 0.126. The summed E-state index contributed by atoms with van der Waals surface area (Å²) in [5.74, 6) is 1.68. The summed E-state index contributed by atoms with van der Waals surface area (Å²) in [5, 5.41) is 0. The number of esters is 2. The summed E-state index contributed by atoms with van der Waals surface area (Å²) in [6.07, 6.45) is 6.16. The van der Waals surface area contributed by atoms with Gasteiger partial charge in [-0.05, 0) is 85.0 Å². The summed E-state index contributed by atoms with van der Waals surface area (Å²) >= 11 is 0. The Morgan fingerprint density at radius 3 is 1.51 bits per heavy atom. The molecule has 47 heavy (non-hydrogen) atoms. The average molecular weight is 633 g/mol. The molecule has 4 aromatic carbocycles. The largest absolute Gasteiger partial charge is 0.457 e. The lowest BCUT2D eigenvalue weighted by Crippen LogP contribution is -2.22. The van der Waals surface area contributed by atoms with E-state index in [1.165, 1.54) is 0 Å². The summed E-state index contributed by atoms with van der Waals surface area (Å²) < 4.78 is 35.6. The lowest BCUT2D eigenvalue weighted by Gasteiger charge is -2.25. The molecule has 2 saturated heterocycles. The molecule has 0 bridgehead atoms. The number of carbonyl (C=O) groups is 2. The highest BCUT2D eigenvalue weighted by Gasteiger charge is 2.31. The van der Waals surface area contributed by atoms with Crippen LogP contribution in [-0.4, -0.2) is 44.2 Å². The van der Waals surface area contributed by atoms with Gasteiger partial charge in [0.25, 0.3) is 0 Å². The molecule has 4 aromatic rings. The molecule has 240 valence electrons. The minimum Gasteiger partial charge on any atom is -0.457 e. The summed E-state index contributed by atoms with van der Waals surface area (Å²) in [4.78, 5) is 27.7. The predicted octanol–water partition coefficient (Wildman–Crippen LogP) is 7.49. The maximum Gasteiger partial charge on any atom is 0.341 e. The predicted molar refractivity (Wildman–Crippen MR) is 173 cm³/mol. The molecule has 8 heteroatoms. The summed E-state index contributed by atoms with van der Waals surface area (Å²) in [7, 11) is 0. The van der Waals surface area contributed by atoms with Crippen LogP contribution in [0.5, 0.6) is 23.0 Å². The third-order valence-corrected chi connectivity index (χ3v) is 9.56. The van der Waals surface area contributed by atoms with Gasteiger partial charge in [0, 0.05) is 37.2 Å². The van der Waals surface area contributed by atoms with E-state index in [1.807, 2.05) is 72.8 Å². The van der Waals surface area contributed by atoms with Gasteiger partial charge in [-0.25, -0.2) is 9.59 Å². The highest BCUT2D eigenvalue weighted by Crippen LogP contribution is 2.41. The van der Waals surface area contributed by atoms with Crippen molar-refractivity contribution in [3.8, 4) is 23.0 Å². The van der Waals surface area contributed by atoms with Crippen molar-refractivity contribution in [3.05, 3.63) is 117 Å². The van der Waals surface area contributed by atoms with Gasteiger partial charge in [-0.2, -0.15) is 0 Å². The van der Waals surface area contributed by atoms with Crippen LogP contribution in [0, 0.1) is 0 Å². The van der Waals surface area contributed by atoms with Gasteiger partial charge < -0.3 is 28.4 Å². The number of fused-ring (bicyclic) bond motifs is 4. The summed E-state index contributed by atoms with van der Waals surface area (Å²) in [6.45, 7) is 0.908. The molecule has 0 amide bonds. The maximum atomic E-state index is 13.9. The Hall–Kier alpha value is -4.66. The van der Waals surface area contributed by atoms with E-state index in [0.29, 0.717) is 48.3 Å². The van der Waals surface area contributed by atoms with Crippen molar-refractivity contribution in [3.63, 3.8) is 0 Å². The first-order valence-electron chi connectivity index (χ1n) is 16.5. The van der Waals surface area contributed by atoms with Gasteiger partial charge in [0.05, 0.1) is 23.3 Å². The molecule has 0 spiro atoms. The van der Waals surface area contributed by atoms with Crippen LogP contribution in [-0.2, 0) is 44.6 Å². The van der Waals surface area contributed by atoms with E-state index in [2.05, 4.69) is 0 Å². The molecule has 4 aliphatic heterocycles. The molecule has 0 N–H and O–H groups in total. The first-order chi connectivity index (χ1) is 23.1. The average Bonchev–Trinajstić information content (AvgIpc) is 3.81. The van der Waals surface area contributed by atoms with Crippen molar-refractivity contribution < 1.29 is 38.0 Å². The normalized spacial score (nSPS) is 19.0. The lowest BCUT2D eigenvalue weighted by molar-refractivity contribution is -0.0170. The smallest absolute Gasteiger partial charge is 0.341 e. The van der Waals surface area contributed by atoms with Gasteiger partial charge in [-0.1, -0.05) is 48.5 Å². The fraction of sp³-hybridized carbons (Fsp3) is 0.333. The molecule has 2 atom stereocenters. The fourth-order valence-electron chi connectivity index (χ4n) is 7.24. The number of para-hydroxylation sites is 2. The van der Waals surface area contributed by atoms with E-state index >= 15 is 0 Å². The third-order valence-electron chi connectivity index (χ3n) is 9.56. The van der Waals surface area contributed by atoms with E-state index < -0.39 is 18.7 Å². The van der Waals surface area contributed by atoms with Crippen molar-refractivity contribution in [2.24, 2.45) is 0 Å². The Balaban J connectivity index is 1.05. The molecular weight excluding hydrogens is 596 g/mol. The van der Waals surface area contributed by atoms with Crippen LogP contribution in [0.15, 0.2) is 72.8 Å². The van der Waals surface area contributed by atoms with Crippen molar-refractivity contribution in [2.45, 2.75) is 63.6 Å². The molecule has 8 nitrogen and oxygen atoms in total. The van der Waals surface area contributed by atoms with Crippen LogP contribution in [0.4, 0.5) is 0 Å². The number of hydrogen-bond donors (Lipinski definition) is 0. The van der Waals surface area contributed by atoms with Gasteiger partial charge in [0.2, 0.25) is 6.79 Å².